The Bertz CT molecular complexity index is 928. The molecule has 25 heavy (non-hydrogen) atoms. The molecule has 0 aromatic heterocycles. The second kappa shape index (κ2) is 6.57. The molecule has 0 bridgehead atoms. The first kappa shape index (κ1) is 17.6. The molecule has 1 N–H and O–H groups in total. The van der Waals surface area contributed by atoms with Crippen LogP contribution in [0.25, 0.3) is 0 Å². The molecule has 0 spiro atoms. The fourth-order valence-electron chi connectivity index (χ4n) is 3.11. The van der Waals surface area contributed by atoms with Gasteiger partial charge < -0.3 is 5.32 Å². The van der Waals surface area contributed by atoms with E-state index in [1.54, 1.807) is 25.1 Å². The zero-order valence-corrected chi connectivity index (χ0v) is 14.8. The molecule has 1 aliphatic rings. The first-order valence-corrected chi connectivity index (χ1v) is 9.37. The molecule has 0 aliphatic carbocycles. The number of aryl methyl sites for hydroxylation is 2. The predicted molar refractivity (Wildman–Crippen MR) is 92.0 cm³/mol. The van der Waals surface area contributed by atoms with Gasteiger partial charge in [-0.1, -0.05) is 35.9 Å². The Morgan fingerprint density at radius 3 is 2.56 bits per heavy atom. The Morgan fingerprint density at radius 2 is 1.88 bits per heavy atom. The molecule has 5 nitrogen and oxygen atoms in total. The Morgan fingerprint density at radius 1 is 1.16 bits per heavy atom. The summed E-state index contributed by atoms with van der Waals surface area (Å²) in [6, 6.07) is 9.54. The minimum atomic E-state index is -3.95. The molecule has 0 radical (unpaired) electrons. The fourth-order valence-corrected chi connectivity index (χ4v) is 4.89. The molecule has 7 heteroatoms. The Labute approximate surface area is 146 Å². The molecule has 1 heterocycles. The maximum Gasteiger partial charge on any atom is 0.244 e. The summed E-state index contributed by atoms with van der Waals surface area (Å²) in [5.41, 5.74) is 1.59. The first-order valence-electron chi connectivity index (χ1n) is 7.93. The van der Waals surface area contributed by atoms with Crippen molar-refractivity contribution in [2.24, 2.45) is 0 Å². The van der Waals surface area contributed by atoms with Crippen LogP contribution in [-0.4, -0.2) is 31.7 Å². The van der Waals surface area contributed by atoms with Gasteiger partial charge in [0.1, 0.15) is 11.9 Å². The molecule has 0 saturated carbocycles. The number of nitrogens with zero attached hydrogens (tertiary/aromatic N) is 1. The summed E-state index contributed by atoms with van der Waals surface area (Å²) in [5, 5.41) is 2.62. The molecule has 1 fully saturated rings. The van der Waals surface area contributed by atoms with Gasteiger partial charge in [0.15, 0.2) is 0 Å². The maximum absolute atomic E-state index is 14.2. The van der Waals surface area contributed by atoms with Crippen LogP contribution in [0.2, 0.25) is 0 Å². The summed E-state index contributed by atoms with van der Waals surface area (Å²) >= 11 is 0. The largest absolute Gasteiger partial charge is 0.353 e. The molecule has 1 unspecified atom stereocenters. The SMILES string of the molecule is Cc1ccc(S(=O)(=O)N2CCNC(=O)C2c2ccccc2F)c(C)c1. The van der Waals surface area contributed by atoms with Gasteiger partial charge in [0.2, 0.25) is 15.9 Å². The van der Waals surface area contributed by atoms with Crippen molar-refractivity contribution < 1.29 is 17.6 Å². The number of carbonyl (C=O) groups is 1. The van der Waals surface area contributed by atoms with Crippen LogP contribution >= 0.6 is 0 Å². The minimum Gasteiger partial charge on any atom is -0.353 e. The number of sulfonamides is 1. The molecule has 2 aromatic rings. The van der Waals surface area contributed by atoms with Gasteiger partial charge in [-0.05, 0) is 31.5 Å². The number of piperazine rings is 1. The van der Waals surface area contributed by atoms with Gasteiger partial charge in [0, 0.05) is 18.7 Å². The smallest absolute Gasteiger partial charge is 0.244 e. The van der Waals surface area contributed by atoms with Crippen molar-refractivity contribution in [2.45, 2.75) is 24.8 Å². The number of hydrogen-bond acceptors (Lipinski definition) is 3. The lowest BCUT2D eigenvalue weighted by molar-refractivity contribution is -0.127. The third-order valence-corrected chi connectivity index (χ3v) is 6.31. The molecule has 132 valence electrons. The molecular weight excluding hydrogens is 343 g/mol. The first-order chi connectivity index (χ1) is 11.8. The highest BCUT2D eigenvalue weighted by molar-refractivity contribution is 7.89. The van der Waals surface area contributed by atoms with E-state index in [1.165, 1.54) is 24.3 Å². The second-order valence-electron chi connectivity index (χ2n) is 6.10. The van der Waals surface area contributed by atoms with Crippen molar-refractivity contribution >= 4 is 15.9 Å². The summed E-state index contributed by atoms with van der Waals surface area (Å²) < 4.78 is 41.7. The summed E-state index contributed by atoms with van der Waals surface area (Å²) in [6.07, 6.45) is 0. The van der Waals surface area contributed by atoms with Crippen LogP contribution in [0, 0.1) is 19.7 Å². The highest BCUT2D eigenvalue weighted by Gasteiger charge is 2.41. The number of halogens is 1. The normalized spacial score (nSPS) is 18.8. The average Bonchev–Trinajstić information content (AvgIpc) is 2.55. The van der Waals surface area contributed by atoms with Crippen LogP contribution in [0.5, 0.6) is 0 Å². The standard InChI is InChI=1S/C18H19FN2O3S/c1-12-7-8-16(13(2)11-12)25(23,24)21-10-9-20-18(22)17(21)14-5-3-4-6-15(14)19/h3-8,11,17H,9-10H2,1-2H3,(H,20,22). The third kappa shape index (κ3) is 3.17. The topological polar surface area (TPSA) is 66.5 Å². The Hall–Kier alpha value is -2.25. The summed E-state index contributed by atoms with van der Waals surface area (Å²) in [7, 11) is -3.95. The van der Waals surface area contributed by atoms with E-state index < -0.39 is 27.8 Å². The van der Waals surface area contributed by atoms with Crippen molar-refractivity contribution in [1.82, 2.24) is 9.62 Å². The Balaban J connectivity index is 2.12. The summed E-state index contributed by atoms with van der Waals surface area (Å²) in [5.74, 6) is -1.13. The average molecular weight is 362 g/mol. The van der Waals surface area contributed by atoms with Crippen LogP contribution < -0.4 is 5.32 Å². The molecule has 1 amide bonds. The van der Waals surface area contributed by atoms with Crippen LogP contribution in [0.15, 0.2) is 47.4 Å². The second-order valence-corrected chi connectivity index (χ2v) is 7.96. The zero-order valence-electron chi connectivity index (χ0n) is 14.0. The third-order valence-electron chi connectivity index (χ3n) is 4.28. The molecule has 1 atom stereocenters. The number of nitrogens with one attached hydrogen (secondary N) is 1. The van der Waals surface area contributed by atoms with Crippen molar-refractivity contribution in [1.29, 1.82) is 0 Å². The monoisotopic (exact) mass is 362 g/mol. The quantitative estimate of drug-likeness (QED) is 0.911. The molecule has 3 rings (SSSR count). The Kier molecular flexibility index (Phi) is 4.62. The molecule has 2 aromatic carbocycles. The molecule has 1 aliphatic heterocycles. The fraction of sp³-hybridized carbons (Fsp3) is 0.278. The number of rotatable bonds is 3. The van der Waals surface area contributed by atoms with Gasteiger partial charge in [-0.15, -0.1) is 0 Å². The van der Waals surface area contributed by atoms with E-state index in [0.717, 1.165) is 9.87 Å². The van der Waals surface area contributed by atoms with Crippen molar-refractivity contribution in [2.75, 3.05) is 13.1 Å². The van der Waals surface area contributed by atoms with E-state index in [4.69, 9.17) is 0 Å². The van der Waals surface area contributed by atoms with Gasteiger partial charge >= 0.3 is 0 Å². The van der Waals surface area contributed by atoms with Crippen molar-refractivity contribution in [3.05, 3.63) is 65.0 Å². The number of amides is 1. The predicted octanol–water partition coefficient (Wildman–Crippen LogP) is 2.30. The lowest BCUT2D eigenvalue weighted by Gasteiger charge is -2.34. The molecular formula is C18H19FN2O3S. The van der Waals surface area contributed by atoms with E-state index in [0.29, 0.717) is 5.56 Å². The lowest BCUT2D eigenvalue weighted by Crippen LogP contribution is -2.52. The van der Waals surface area contributed by atoms with E-state index in [2.05, 4.69) is 5.32 Å². The maximum atomic E-state index is 14.2. The van der Waals surface area contributed by atoms with Crippen LogP contribution in [0.3, 0.4) is 0 Å². The van der Waals surface area contributed by atoms with Gasteiger partial charge in [0.05, 0.1) is 4.90 Å². The van der Waals surface area contributed by atoms with Gasteiger partial charge in [-0.3, -0.25) is 4.79 Å². The van der Waals surface area contributed by atoms with E-state index in [1.807, 2.05) is 6.92 Å². The summed E-state index contributed by atoms with van der Waals surface area (Å²) in [6.45, 7) is 3.86. The van der Waals surface area contributed by atoms with Gasteiger partial charge in [-0.2, -0.15) is 4.31 Å². The van der Waals surface area contributed by atoms with Crippen molar-refractivity contribution in [3.8, 4) is 0 Å². The molecule has 1 saturated heterocycles. The minimum absolute atomic E-state index is 0.0491. The van der Waals surface area contributed by atoms with Crippen molar-refractivity contribution in [3.63, 3.8) is 0 Å². The highest BCUT2D eigenvalue weighted by Crippen LogP contribution is 2.32. The number of carbonyl (C=O) groups excluding carboxylic acids is 1. The van der Waals surface area contributed by atoms with E-state index in [9.17, 15) is 17.6 Å². The zero-order chi connectivity index (χ0) is 18.2. The van der Waals surface area contributed by atoms with E-state index in [-0.39, 0.29) is 23.5 Å². The highest BCUT2D eigenvalue weighted by atomic mass is 32.2. The van der Waals surface area contributed by atoms with Gasteiger partial charge in [-0.25, -0.2) is 12.8 Å². The lowest BCUT2D eigenvalue weighted by atomic mass is 10.0. The van der Waals surface area contributed by atoms with Crippen LogP contribution in [-0.2, 0) is 14.8 Å². The number of benzene rings is 2. The van der Waals surface area contributed by atoms with Crippen LogP contribution in [0.1, 0.15) is 22.7 Å². The summed E-state index contributed by atoms with van der Waals surface area (Å²) in [4.78, 5) is 12.5. The van der Waals surface area contributed by atoms with Gasteiger partial charge in [0.25, 0.3) is 0 Å². The van der Waals surface area contributed by atoms with Crippen LogP contribution in [0.4, 0.5) is 4.39 Å². The van der Waals surface area contributed by atoms with E-state index >= 15 is 0 Å². The number of hydrogen-bond donors (Lipinski definition) is 1.